The maximum atomic E-state index is 12.2. The average Bonchev–Trinajstić information content (AvgIpc) is 2.50. The van der Waals surface area contributed by atoms with Crippen molar-refractivity contribution in [2.45, 2.75) is 32.6 Å². The third kappa shape index (κ3) is 3.97. The fourth-order valence-electron chi connectivity index (χ4n) is 2.40. The molecule has 0 spiro atoms. The van der Waals surface area contributed by atoms with Crippen LogP contribution < -0.4 is 10.6 Å². The van der Waals surface area contributed by atoms with Gasteiger partial charge in [0.2, 0.25) is 0 Å². The first-order chi connectivity index (χ1) is 9.83. The van der Waals surface area contributed by atoms with Crippen LogP contribution in [0.25, 0.3) is 0 Å². The van der Waals surface area contributed by atoms with Crippen LogP contribution in [0.1, 0.15) is 42.1 Å². The lowest BCUT2D eigenvalue weighted by Gasteiger charge is -2.20. The SMILES string of the molecule is CCCCOCCNC(=O)c1cccc2c1CCCN2. The van der Waals surface area contributed by atoms with Crippen molar-refractivity contribution in [2.24, 2.45) is 0 Å². The monoisotopic (exact) mass is 276 g/mol. The Morgan fingerprint density at radius 3 is 3.15 bits per heavy atom. The highest BCUT2D eigenvalue weighted by Gasteiger charge is 2.16. The van der Waals surface area contributed by atoms with Crippen molar-refractivity contribution in [3.8, 4) is 0 Å². The second kappa shape index (κ2) is 7.90. The molecule has 1 aromatic carbocycles. The lowest BCUT2D eigenvalue weighted by molar-refractivity contribution is 0.0912. The van der Waals surface area contributed by atoms with E-state index in [0.29, 0.717) is 13.2 Å². The highest BCUT2D eigenvalue weighted by atomic mass is 16.5. The number of nitrogens with one attached hydrogen (secondary N) is 2. The van der Waals surface area contributed by atoms with Crippen LogP contribution in [0.15, 0.2) is 18.2 Å². The maximum absolute atomic E-state index is 12.2. The summed E-state index contributed by atoms with van der Waals surface area (Å²) in [6, 6.07) is 5.88. The Morgan fingerprint density at radius 1 is 1.40 bits per heavy atom. The number of anilines is 1. The normalized spacial score (nSPS) is 13.4. The summed E-state index contributed by atoms with van der Waals surface area (Å²) in [7, 11) is 0. The van der Waals surface area contributed by atoms with Crippen molar-refractivity contribution >= 4 is 11.6 Å². The van der Waals surface area contributed by atoms with Gasteiger partial charge in [-0.05, 0) is 37.0 Å². The molecule has 1 aliphatic rings. The molecule has 0 aliphatic carbocycles. The molecule has 2 N–H and O–H groups in total. The minimum absolute atomic E-state index is 0.00430. The summed E-state index contributed by atoms with van der Waals surface area (Å²) in [6.45, 7) is 5.05. The van der Waals surface area contributed by atoms with Crippen LogP contribution in [0.3, 0.4) is 0 Å². The molecule has 0 bridgehead atoms. The summed E-state index contributed by atoms with van der Waals surface area (Å²) < 4.78 is 5.45. The van der Waals surface area contributed by atoms with E-state index in [1.807, 2.05) is 18.2 Å². The Morgan fingerprint density at radius 2 is 2.30 bits per heavy atom. The number of fused-ring (bicyclic) bond motifs is 1. The molecule has 110 valence electrons. The minimum Gasteiger partial charge on any atom is -0.385 e. The Bertz CT molecular complexity index is 446. The largest absolute Gasteiger partial charge is 0.385 e. The number of hydrogen-bond donors (Lipinski definition) is 2. The number of hydrogen-bond acceptors (Lipinski definition) is 3. The zero-order valence-corrected chi connectivity index (χ0v) is 12.2. The molecule has 1 aromatic rings. The second-order valence-corrected chi connectivity index (χ2v) is 5.08. The fraction of sp³-hybridized carbons (Fsp3) is 0.562. The topological polar surface area (TPSA) is 50.4 Å². The predicted octanol–water partition coefficient (Wildman–Crippen LogP) is 2.59. The third-order valence-corrected chi connectivity index (χ3v) is 3.51. The minimum atomic E-state index is 0.00430. The Labute approximate surface area is 120 Å². The quantitative estimate of drug-likeness (QED) is 0.753. The molecule has 0 saturated carbocycles. The summed E-state index contributed by atoms with van der Waals surface area (Å²) in [5, 5.41) is 6.28. The molecule has 20 heavy (non-hydrogen) atoms. The Balaban J connectivity index is 1.83. The van der Waals surface area contributed by atoms with Gasteiger partial charge in [-0.3, -0.25) is 4.79 Å². The number of benzene rings is 1. The zero-order valence-electron chi connectivity index (χ0n) is 12.2. The number of carbonyl (C=O) groups excluding carboxylic acids is 1. The number of amides is 1. The number of ether oxygens (including phenoxy) is 1. The zero-order chi connectivity index (χ0) is 14.2. The average molecular weight is 276 g/mol. The van der Waals surface area contributed by atoms with Crippen molar-refractivity contribution in [1.82, 2.24) is 5.32 Å². The van der Waals surface area contributed by atoms with Crippen LogP contribution in [0.2, 0.25) is 0 Å². The van der Waals surface area contributed by atoms with Crippen molar-refractivity contribution in [3.05, 3.63) is 29.3 Å². The first-order valence-electron chi connectivity index (χ1n) is 7.54. The van der Waals surface area contributed by atoms with Gasteiger partial charge >= 0.3 is 0 Å². The predicted molar refractivity (Wildman–Crippen MR) is 81.3 cm³/mol. The number of carbonyl (C=O) groups is 1. The molecule has 1 heterocycles. The molecule has 0 radical (unpaired) electrons. The highest BCUT2D eigenvalue weighted by molar-refractivity contribution is 5.97. The van der Waals surface area contributed by atoms with Gasteiger partial charge in [-0.2, -0.15) is 0 Å². The summed E-state index contributed by atoms with van der Waals surface area (Å²) in [4.78, 5) is 12.2. The van der Waals surface area contributed by atoms with Gasteiger partial charge in [-0.1, -0.05) is 19.4 Å². The first-order valence-corrected chi connectivity index (χ1v) is 7.54. The van der Waals surface area contributed by atoms with E-state index < -0.39 is 0 Å². The van der Waals surface area contributed by atoms with Gasteiger partial charge in [0, 0.05) is 30.9 Å². The van der Waals surface area contributed by atoms with Crippen LogP contribution in [0, 0.1) is 0 Å². The summed E-state index contributed by atoms with van der Waals surface area (Å²) in [5.74, 6) is 0.00430. The molecule has 0 aromatic heterocycles. The highest BCUT2D eigenvalue weighted by Crippen LogP contribution is 2.25. The first kappa shape index (κ1) is 14.9. The molecule has 4 nitrogen and oxygen atoms in total. The lowest BCUT2D eigenvalue weighted by Crippen LogP contribution is -2.29. The third-order valence-electron chi connectivity index (χ3n) is 3.51. The Kier molecular flexibility index (Phi) is 5.87. The molecule has 0 unspecified atom stereocenters. The van der Waals surface area contributed by atoms with Crippen LogP contribution in [0.4, 0.5) is 5.69 Å². The summed E-state index contributed by atoms with van der Waals surface area (Å²) in [6.07, 6.45) is 4.26. The van der Waals surface area contributed by atoms with E-state index in [4.69, 9.17) is 4.74 Å². The van der Waals surface area contributed by atoms with Crippen molar-refractivity contribution in [2.75, 3.05) is 31.6 Å². The van der Waals surface area contributed by atoms with Crippen molar-refractivity contribution in [3.63, 3.8) is 0 Å². The smallest absolute Gasteiger partial charge is 0.251 e. The number of rotatable bonds is 7. The van der Waals surface area contributed by atoms with Crippen LogP contribution >= 0.6 is 0 Å². The van der Waals surface area contributed by atoms with Gasteiger partial charge in [0.05, 0.1) is 6.61 Å². The molecule has 2 rings (SSSR count). The molecular weight excluding hydrogens is 252 g/mol. The molecule has 0 saturated heterocycles. The Hall–Kier alpha value is -1.55. The molecule has 1 aliphatic heterocycles. The van der Waals surface area contributed by atoms with E-state index in [2.05, 4.69) is 17.6 Å². The van der Waals surface area contributed by atoms with Gasteiger partial charge in [-0.25, -0.2) is 0 Å². The molecule has 0 fully saturated rings. The number of unbranched alkanes of at least 4 members (excludes halogenated alkanes) is 1. The van der Waals surface area contributed by atoms with Crippen LogP contribution in [-0.2, 0) is 11.2 Å². The van der Waals surface area contributed by atoms with Crippen molar-refractivity contribution in [1.29, 1.82) is 0 Å². The van der Waals surface area contributed by atoms with E-state index >= 15 is 0 Å². The molecular formula is C16H24N2O2. The van der Waals surface area contributed by atoms with E-state index in [1.165, 1.54) is 0 Å². The molecule has 4 heteroatoms. The van der Waals surface area contributed by atoms with E-state index in [-0.39, 0.29) is 5.91 Å². The van der Waals surface area contributed by atoms with E-state index in [9.17, 15) is 4.79 Å². The van der Waals surface area contributed by atoms with Gasteiger partial charge in [0.1, 0.15) is 0 Å². The standard InChI is InChI=1S/C16H24N2O2/c1-2-3-11-20-12-10-18-16(19)14-6-4-8-15-13(14)7-5-9-17-15/h4,6,8,17H,2-3,5,7,9-12H2,1H3,(H,18,19). The van der Waals surface area contributed by atoms with Gasteiger partial charge in [0.25, 0.3) is 5.91 Å². The van der Waals surface area contributed by atoms with E-state index in [1.54, 1.807) is 0 Å². The maximum Gasteiger partial charge on any atom is 0.251 e. The lowest BCUT2D eigenvalue weighted by atomic mass is 9.97. The fourth-order valence-corrected chi connectivity index (χ4v) is 2.40. The van der Waals surface area contributed by atoms with Crippen LogP contribution in [0.5, 0.6) is 0 Å². The second-order valence-electron chi connectivity index (χ2n) is 5.08. The molecule has 0 atom stereocenters. The van der Waals surface area contributed by atoms with E-state index in [0.717, 1.165) is 55.6 Å². The van der Waals surface area contributed by atoms with Gasteiger partial charge < -0.3 is 15.4 Å². The van der Waals surface area contributed by atoms with Gasteiger partial charge in [0.15, 0.2) is 0 Å². The van der Waals surface area contributed by atoms with Crippen molar-refractivity contribution < 1.29 is 9.53 Å². The van der Waals surface area contributed by atoms with Crippen LogP contribution in [-0.4, -0.2) is 32.2 Å². The summed E-state index contributed by atoms with van der Waals surface area (Å²) >= 11 is 0. The molecule has 1 amide bonds. The van der Waals surface area contributed by atoms with Gasteiger partial charge in [-0.15, -0.1) is 0 Å². The summed E-state index contributed by atoms with van der Waals surface area (Å²) in [5.41, 5.74) is 3.04.